The van der Waals surface area contributed by atoms with E-state index in [-0.39, 0.29) is 0 Å². The Balaban J connectivity index is 1.17. The molecular formula is C57H38N2. The molecule has 0 heterocycles. The fourth-order valence-corrected chi connectivity index (χ4v) is 10.3. The summed E-state index contributed by atoms with van der Waals surface area (Å²) in [4.78, 5) is 4.86. The Morgan fingerprint density at radius 2 is 0.780 bits per heavy atom. The normalized spacial score (nSPS) is 14.5. The molecule has 0 aliphatic heterocycles. The molecule has 0 saturated carbocycles. The van der Waals surface area contributed by atoms with Gasteiger partial charge in [0.15, 0.2) is 0 Å². The second-order valence-corrected chi connectivity index (χ2v) is 15.6. The lowest BCUT2D eigenvalue weighted by atomic mass is 9.70. The summed E-state index contributed by atoms with van der Waals surface area (Å²) in [6.45, 7) is 0. The van der Waals surface area contributed by atoms with Crippen molar-refractivity contribution in [2.24, 2.45) is 0 Å². The predicted octanol–water partition coefficient (Wildman–Crippen LogP) is 15.3. The van der Waals surface area contributed by atoms with Crippen LogP contribution in [-0.2, 0) is 5.41 Å². The number of rotatable bonds is 6. The summed E-state index contributed by atoms with van der Waals surface area (Å²) in [6.07, 6.45) is 0. The van der Waals surface area contributed by atoms with Crippen LogP contribution in [0.5, 0.6) is 0 Å². The minimum atomic E-state index is -0.541. The Kier molecular flexibility index (Phi) is 7.48. The first-order valence-corrected chi connectivity index (χ1v) is 20.4. The average molecular weight is 751 g/mol. The van der Waals surface area contributed by atoms with Crippen LogP contribution in [-0.4, -0.2) is 0 Å². The molecule has 1 spiro atoms. The lowest BCUT2D eigenvalue weighted by Crippen LogP contribution is -2.26. The molecule has 2 aliphatic rings. The maximum Gasteiger partial charge on any atom is 0.0726 e. The second-order valence-electron chi connectivity index (χ2n) is 15.6. The summed E-state index contributed by atoms with van der Waals surface area (Å²) in [7, 11) is 0. The second kappa shape index (κ2) is 13.2. The Morgan fingerprint density at radius 3 is 1.47 bits per heavy atom. The van der Waals surface area contributed by atoms with E-state index in [1.165, 1.54) is 66.1 Å². The van der Waals surface area contributed by atoms with Crippen LogP contribution in [0, 0.1) is 0 Å². The number of hydrogen-bond donors (Lipinski definition) is 0. The van der Waals surface area contributed by atoms with E-state index < -0.39 is 5.41 Å². The maximum absolute atomic E-state index is 2.53. The highest BCUT2D eigenvalue weighted by Crippen LogP contribution is 2.65. The van der Waals surface area contributed by atoms with Gasteiger partial charge in [-0.2, -0.15) is 0 Å². The molecule has 0 radical (unpaired) electrons. The van der Waals surface area contributed by atoms with E-state index in [0.29, 0.717) is 0 Å². The van der Waals surface area contributed by atoms with Crippen LogP contribution in [0.3, 0.4) is 0 Å². The van der Waals surface area contributed by atoms with Crippen LogP contribution in [0.25, 0.3) is 43.8 Å². The van der Waals surface area contributed by atoms with Crippen molar-refractivity contribution in [1.29, 1.82) is 0 Å². The third kappa shape index (κ3) is 4.87. The van der Waals surface area contributed by atoms with E-state index in [1.54, 1.807) is 0 Å². The number of hydrogen-bond acceptors (Lipinski definition) is 2. The van der Waals surface area contributed by atoms with Crippen LogP contribution >= 0.6 is 0 Å². The minimum absolute atomic E-state index is 0.541. The van der Waals surface area contributed by atoms with Crippen molar-refractivity contribution >= 4 is 55.7 Å². The summed E-state index contributed by atoms with van der Waals surface area (Å²) in [5.74, 6) is 0. The first-order valence-electron chi connectivity index (χ1n) is 20.4. The van der Waals surface area contributed by atoms with E-state index in [9.17, 15) is 0 Å². The number of anilines is 6. The van der Waals surface area contributed by atoms with Gasteiger partial charge in [0.2, 0.25) is 0 Å². The summed E-state index contributed by atoms with van der Waals surface area (Å²) < 4.78 is 0. The van der Waals surface area contributed by atoms with Gasteiger partial charge in [-0.25, -0.2) is 0 Å². The highest BCUT2D eigenvalue weighted by Gasteiger charge is 2.52. The number of benzene rings is 10. The molecule has 12 rings (SSSR count). The van der Waals surface area contributed by atoms with Crippen molar-refractivity contribution in [2.75, 3.05) is 9.80 Å². The van der Waals surface area contributed by atoms with Gasteiger partial charge in [0.25, 0.3) is 0 Å². The Bertz CT molecular complexity index is 3180. The first kappa shape index (κ1) is 33.5. The van der Waals surface area contributed by atoms with Gasteiger partial charge in [0.1, 0.15) is 0 Å². The van der Waals surface area contributed by atoms with Crippen LogP contribution in [0.4, 0.5) is 34.1 Å². The molecule has 0 fully saturated rings. The fraction of sp³-hybridized carbons (Fsp3) is 0.0175. The van der Waals surface area contributed by atoms with Crippen molar-refractivity contribution in [1.82, 2.24) is 0 Å². The predicted molar refractivity (Wildman–Crippen MR) is 247 cm³/mol. The molecule has 10 aromatic rings. The van der Waals surface area contributed by atoms with E-state index in [0.717, 1.165) is 34.1 Å². The maximum atomic E-state index is 2.53. The SMILES string of the molecule is c1ccc(N(c2ccccc2)c2ccc3c(c2)-c2ccccc2C32c3ccccc3-c3c2cc(N(c2ccccc2)c2cccc4ccccc24)c2ccccc32)cc1. The molecule has 10 aromatic carbocycles. The van der Waals surface area contributed by atoms with E-state index in [2.05, 4.69) is 240 Å². The molecule has 2 nitrogen and oxygen atoms in total. The average Bonchev–Trinajstić information content (AvgIpc) is 3.77. The highest BCUT2D eigenvalue weighted by molar-refractivity contribution is 6.13. The molecule has 59 heavy (non-hydrogen) atoms. The molecule has 0 amide bonds. The van der Waals surface area contributed by atoms with Gasteiger partial charge in [-0.05, 0) is 116 Å². The van der Waals surface area contributed by atoms with Gasteiger partial charge < -0.3 is 9.80 Å². The summed E-state index contributed by atoms with van der Waals surface area (Å²) in [5, 5.41) is 4.91. The van der Waals surface area contributed by atoms with Crippen LogP contribution in [0.15, 0.2) is 231 Å². The molecule has 0 N–H and O–H groups in total. The van der Waals surface area contributed by atoms with Gasteiger partial charge in [0.05, 0.1) is 16.8 Å². The van der Waals surface area contributed by atoms with E-state index in [4.69, 9.17) is 0 Å². The molecule has 0 aromatic heterocycles. The van der Waals surface area contributed by atoms with E-state index in [1.807, 2.05) is 0 Å². The quantitative estimate of drug-likeness (QED) is 0.167. The monoisotopic (exact) mass is 750 g/mol. The molecule has 276 valence electrons. The topological polar surface area (TPSA) is 6.48 Å². The zero-order valence-corrected chi connectivity index (χ0v) is 32.3. The molecule has 2 aliphatic carbocycles. The van der Waals surface area contributed by atoms with Crippen molar-refractivity contribution in [3.8, 4) is 22.3 Å². The molecule has 1 unspecified atom stereocenters. The summed E-state index contributed by atoms with van der Waals surface area (Å²) in [6, 6.07) is 84.8. The van der Waals surface area contributed by atoms with Crippen molar-refractivity contribution < 1.29 is 0 Å². The lowest BCUT2D eigenvalue weighted by Gasteiger charge is -2.33. The van der Waals surface area contributed by atoms with Crippen LogP contribution < -0.4 is 9.80 Å². The molecule has 1 atom stereocenters. The Hall–Kier alpha value is -7.68. The third-order valence-electron chi connectivity index (χ3n) is 12.6. The van der Waals surface area contributed by atoms with Crippen molar-refractivity contribution in [3.05, 3.63) is 253 Å². The molecule has 0 bridgehead atoms. The fourth-order valence-electron chi connectivity index (χ4n) is 10.3. The molecule has 0 saturated heterocycles. The van der Waals surface area contributed by atoms with Crippen LogP contribution in [0.2, 0.25) is 0 Å². The largest absolute Gasteiger partial charge is 0.310 e. The summed E-state index contributed by atoms with van der Waals surface area (Å²) >= 11 is 0. The molecular weight excluding hydrogens is 713 g/mol. The Morgan fingerprint density at radius 1 is 0.271 bits per heavy atom. The smallest absolute Gasteiger partial charge is 0.0726 e. The van der Waals surface area contributed by atoms with Crippen molar-refractivity contribution in [3.63, 3.8) is 0 Å². The zero-order valence-electron chi connectivity index (χ0n) is 32.3. The van der Waals surface area contributed by atoms with Gasteiger partial charge in [-0.3, -0.25) is 0 Å². The minimum Gasteiger partial charge on any atom is -0.310 e. The van der Waals surface area contributed by atoms with Gasteiger partial charge >= 0.3 is 0 Å². The Labute approximate surface area is 344 Å². The lowest BCUT2D eigenvalue weighted by molar-refractivity contribution is 0.794. The first-order chi connectivity index (χ1) is 29.3. The van der Waals surface area contributed by atoms with Gasteiger partial charge in [-0.15, -0.1) is 0 Å². The summed E-state index contributed by atoms with van der Waals surface area (Å²) in [5.41, 5.74) is 16.7. The zero-order chi connectivity index (χ0) is 38.9. The number of para-hydroxylation sites is 3. The molecule has 2 heteroatoms. The highest BCUT2D eigenvalue weighted by atomic mass is 15.1. The van der Waals surface area contributed by atoms with Crippen molar-refractivity contribution in [2.45, 2.75) is 5.41 Å². The van der Waals surface area contributed by atoms with Crippen LogP contribution in [0.1, 0.15) is 22.3 Å². The van der Waals surface area contributed by atoms with E-state index >= 15 is 0 Å². The third-order valence-corrected chi connectivity index (χ3v) is 12.6. The number of nitrogens with zero attached hydrogens (tertiary/aromatic N) is 2. The standard InChI is InChI=1S/C57H38N2/c1-4-21-40(22-5-1)58(41-23-6-2-7-24-41)43-35-36-52-49(37-43)45-28-14-16-32-50(45)57(52)51-33-17-15-31-48(51)56-47-30-13-12-29-46(47)55(38-53(56)57)59(42-25-8-3-9-26-42)54-34-18-20-39-19-10-11-27-44(39)54/h1-38H. The van der Waals surface area contributed by atoms with Gasteiger partial charge in [-0.1, -0.05) is 170 Å². The van der Waals surface area contributed by atoms with Gasteiger partial charge in [0, 0.05) is 33.5 Å². The number of fused-ring (bicyclic) bond motifs is 13.